The van der Waals surface area contributed by atoms with Gasteiger partial charge in [-0.15, -0.1) is 0 Å². The third kappa shape index (κ3) is 2.03. The van der Waals surface area contributed by atoms with E-state index in [9.17, 15) is 4.79 Å². The Morgan fingerprint density at radius 1 is 1.32 bits per heavy atom. The van der Waals surface area contributed by atoms with Crippen LogP contribution in [0.15, 0.2) is 24.3 Å². The van der Waals surface area contributed by atoms with Gasteiger partial charge in [0.2, 0.25) is 0 Å². The number of hydrogen-bond donors (Lipinski definition) is 1. The van der Waals surface area contributed by atoms with Crippen LogP contribution in [0.5, 0.6) is 5.75 Å². The molecule has 0 amide bonds. The second-order valence-electron chi connectivity index (χ2n) is 4.45. The van der Waals surface area contributed by atoms with Gasteiger partial charge in [-0.2, -0.15) is 10.2 Å². The average molecular weight is 256 g/mol. The molecule has 5 nitrogen and oxygen atoms in total. The van der Waals surface area contributed by atoms with Crippen LogP contribution >= 0.6 is 0 Å². The van der Waals surface area contributed by atoms with Crippen molar-refractivity contribution < 1.29 is 14.6 Å². The quantitative estimate of drug-likeness (QED) is 0.890. The molecule has 3 rings (SSSR count). The SMILES string of the molecule is Cc1nnc(-c2ccc3c(c2)CCO3)cc1C(=O)O. The van der Waals surface area contributed by atoms with E-state index >= 15 is 0 Å². The zero-order chi connectivity index (χ0) is 13.4. The number of fused-ring (bicyclic) bond motifs is 1. The van der Waals surface area contributed by atoms with E-state index in [-0.39, 0.29) is 5.56 Å². The minimum Gasteiger partial charge on any atom is -0.493 e. The fourth-order valence-corrected chi connectivity index (χ4v) is 2.16. The van der Waals surface area contributed by atoms with Crippen LogP contribution in [-0.4, -0.2) is 27.9 Å². The Morgan fingerprint density at radius 3 is 2.95 bits per heavy atom. The summed E-state index contributed by atoms with van der Waals surface area (Å²) in [6.45, 7) is 2.33. The maximum absolute atomic E-state index is 11.1. The number of carbonyl (C=O) groups is 1. The highest BCUT2D eigenvalue weighted by Crippen LogP contribution is 2.29. The number of benzene rings is 1. The Bertz CT molecular complexity index is 668. The second kappa shape index (κ2) is 4.35. The largest absolute Gasteiger partial charge is 0.493 e. The Labute approximate surface area is 109 Å². The number of aryl methyl sites for hydroxylation is 1. The lowest BCUT2D eigenvalue weighted by Crippen LogP contribution is -2.04. The molecule has 0 atom stereocenters. The third-order valence-electron chi connectivity index (χ3n) is 3.19. The summed E-state index contributed by atoms with van der Waals surface area (Å²) >= 11 is 0. The molecule has 1 aromatic heterocycles. The minimum atomic E-state index is -0.988. The van der Waals surface area contributed by atoms with E-state index in [1.54, 1.807) is 13.0 Å². The first-order valence-electron chi connectivity index (χ1n) is 5.99. The van der Waals surface area contributed by atoms with E-state index in [1.165, 1.54) is 0 Å². The fraction of sp³-hybridized carbons (Fsp3) is 0.214. The van der Waals surface area contributed by atoms with E-state index in [0.717, 1.165) is 23.3 Å². The van der Waals surface area contributed by atoms with Gasteiger partial charge in [-0.1, -0.05) is 0 Å². The Balaban J connectivity index is 2.07. The van der Waals surface area contributed by atoms with Crippen LogP contribution in [0.2, 0.25) is 0 Å². The van der Waals surface area contributed by atoms with Crippen LogP contribution in [0.1, 0.15) is 21.6 Å². The van der Waals surface area contributed by atoms with Crippen molar-refractivity contribution in [2.24, 2.45) is 0 Å². The van der Waals surface area contributed by atoms with Gasteiger partial charge in [0.15, 0.2) is 0 Å². The summed E-state index contributed by atoms with van der Waals surface area (Å²) in [5.41, 5.74) is 3.15. The van der Waals surface area contributed by atoms with Crippen molar-refractivity contribution in [3.05, 3.63) is 41.1 Å². The number of nitrogens with zero attached hydrogens (tertiary/aromatic N) is 2. The highest BCUT2D eigenvalue weighted by Gasteiger charge is 2.15. The number of aromatic carboxylic acids is 1. The molecule has 19 heavy (non-hydrogen) atoms. The molecule has 2 aromatic rings. The van der Waals surface area contributed by atoms with Crippen LogP contribution in [0.25, 0.3) is 11.3 Å². The molecule has 0 unspecified atom stereocenters. The van der Waals surface area contributed by atoms with E-state index < -0.39 is 5.97 Å². The van der Waals surface area contributed by atoms with Crippen molar-refractivity contribution in [1.82, 2.24) is 10.2 Å². The van der Waals surface area contributed by atoms with Crippen LogP contribution in [0.3, 0.4) is 0 Å². The molecule has 0 aliphatic carbocycles. The van der Waals surface area contributed by atoms with Crippen LogP contribution < -0.4 is 4.74 Å². The zero-order valence-corrected chi connectivity index (χ0v) is 10.4. The Morgan fingerprint density at radius 2 is 2.16 bits per heavy atom. The van der Waals surface area contributed by atoms with E-state index in [4.69, 9.17) is 9.84 Å². The lowest BCUT2D eigenvalue weighted by molar-refractivity contribution is 0.0695. The predicted octanol–water partition coefficient (Wildman–Crippen LogP) is 2.09. The molecule has 0 radical (unpaired) electrons. The smallest absolute Gasteiger partial charge is 0.337 e. The van der Waals surface area contributed by atoms with Gasteiger partial charge in [-0.25, -0.2) is 4.79 Å². The summed E-state index contributed by atoms with van der Waals surface area (Å²) in [4.78, 5) is 11.1. The molecule has 0 saturated carbocycles. The summed E-state index contributed by atoms with van der Waals surface area (Å²) in [7, 11) is 0. The third-order valence-corrected chi connectivity index (χ3v) is 3.19. The fourth-order valence-electron chi connectivity index (χ4n) is 2.16. The van der Waals surface area contributed by atoms with Crippen molar-refractivity contribution >= 4 is 5.97 Å². The predicted molar refractivity (Wildman–Crippen MR) is 68.4 cm³/mol. The monoisotopic (exact) mass is 256 g/mol. The highest BCUT2D eigenvalue weighted by molar-refractivity contribution is 5.90. The molecule has 0 bridgehead atoms. The molecule has 1 aromatic carbocycles. The molecule has 1 N–H and O–H groups in total. The Hall–Kier alpha value is -2.43. The molecular formula is C14H12N2O3. The average Bonchev–Trinajstić information content (AvgIpc) is 2.86. The number of hydrogen-bond acceptors (Lipinski definition) is 4. The lowest BCUT2D eigenvalue weighted by Gasteiger charge is -2.05. The van der Waals surface area contributed by atoms with Crippen LogP contribution in [-0.2, 0) is 6.42 Å². The second-order valence-corrected chi connectivity index (χ2v) is 4.45. The molecule has 2 heterocycles. The van der Waals surface area contributed by atoms with Crippen molar-refractivity contribution in [2.45, 2.75) is 13.3 Å². The molecule has 0 fully saturated rings. The van der Waals surface area contributed by atoms with Gasteiger partial charge in [0.1, 0.15) is 5.75 Å². The lowest BCUT2D eigenvalue weighted by atomic mass is 10.0. The number of rotatable bonds is 2. The van der Waals surface area contributed by atoms with E-state index in [1.807, 2.05) is 18.2 Å². The molecule has 1 aliphatic heterocycles. The van der Waals surface area contributed by atoms with Crippen LogP contribution in [0.4, 0.5) is 0 Å². The molecule has 0 spiro atoms. The summed E-state index contributed by atoms with van der Waals surface area (Å²) in [6, 6.07) is 7.30. The maximum atomic E-state index is 11.1. The normalized spacial score (nSPS) is 12.9. The van der Waals surface area contributed by atoms with Crippen LogP contribution in [0, 0.1) is 6.92 Å². The number of carboxylic acids is 1. The first kappa shape index (κ1) is 11.6. The van der Waals surface area contributed by atoms with Gasteiger partial charge in [-0.3, -0.25) is 0 Å². The van der Waals surface area contributed by atoms with Gasteiger partial charge in [0.25, 0.3) is 0 Å². The minimum absolute atomic E-state index is 0.182. The number of carboxylic acid groups (broad SMARTS) is 1. The number of aromatic nitrogens is 2. The van der Waals surface area contributed by atoms with E-state index in [2.05, 4.69) is 10.2 Å². The van der Waals surface area contributed by atoms with Crippen molar-refractivity contribution in [1.29, 1.82) is 0 Å². The van der Waals surface area contributed by atoms with Crippen molar-refractivity contribution in [3.8, 4) is 17.0 Å². The standard InChI is InChI=1S/C14H12N2O3/c1-8-11(14(17)18)7-12(16-15-8)9-2-3-13-10(6-9)4-5-19-13/h2-3,6-7H,4-5H2,1H3,(H,17,18). The maximum Gasteiger partial charge on any atom is 0.337 e. The highest BCUT2D eigenvalue weighted by atomic mass is 16.5. The first-order chi connectivity index (χ1) is 9.15. The summed E-state index contributed by atoms with van der Waals surface area (Å²) < 4.78 is 5.44. The molecular weight excluding hydrogens is 244 g/mol. The zero-order valence-electron chi connectivity index (χ0n) is 10.4. The molecule has 96 valence electrons. The molecule has 1 aliphatic rings. The van der Waals surface area contributed by atoms with Gasteiger partial charge < -0.3 is 9.84 Å². The van der Waals surface area contributed by atoms with Gasteiger partial charge in [0.05, 0.1) is 23.6 Å². The summed E-state index contributed by atoms with van der Waals surface area (Å²) in [5.74, 6) is -0.0968. The van der Waals surface area contributed by atoms with Crippen molar-refractivity contribution in [2.75, 3.05) is 6.61 Å². The summed E-state index contributed by atoms with van der Waals surface area (Å²) in [5, 5.41) is 17.1. The molecule has 5 heteroatoms. The van der Waals surface area contributed by atoms with Crippen molar-refractivity contribution in [3.63, 3.8) is 0 Å². The Kier molecular flexibility index (Phi) is 2.67. The topological polar surface area (TPSA) is 72.3 Å². The van der Waals surface area contributed by atoms with Gasteiger partial charge in [-0.05, 0) is 36.8 Å². The summed E-state index contributed by atoms with van der Waals surface area (Å²) in [6.07, 6.45) is 0.869. The number of ether oxygens (including phenoxy) is 1. The first-order valence-corrected chi connectivity index (χ1v) is 5.99. The van der Waals surface area contributed by atoms with Gasteiger partial charge in [0, 0.05) is 12.0 Å². The molecule has 0 saturated heterocycles. The van der Waals surface area contributed by atoms with Gasteiger partial charge >= 0.3 is 5.97 Å². The van der Waals surface area contributed by atoms with E-state index in [0.29, 0.717) is 18.0 Å².